The van der Waals surface area contributed by atoms with Crippen molar-refractivity contribution in [1.29, 1.82) is 0 Å². The van der Waals surface area contributed by atoms with Crippen molar-refractivity contribution in [3.05, 3.63) is 28.8 Å². The second-order valence-electron chi connectivity index (χ2n) is 5.25. The second kappa shape index (κ2) is 6.07. The number of methoxy groups -OCH3 is 1. The first-order valence-electron chi connectivity index (χ1n) is 6.92. The Morgan fingerprint density at radius 3 is 2.65 bits per heavy atom. The summed E-state index contributed by atoms with van der Waals surface area (Å²) in [6, 6.07) is 3.64. The maximum Gasteiger partial charge on any atom is 0.338 e. The largest absolute Gasteiger partial charge is 0.482 e. The molecule has 1 aliphatic rings. The summed E-state index contributed by atoms with van der Waals surface area (Å²) in [5, 5.41) is 0. The lowest BCUT2D eigenvalue weighted by Gasteiger charge is -2.23. The molecule has 4 nitrogen and oxygen atoms in total. The molecule has 0 aromatic heterocycles. The van der Waals surface area contributed by atoms with Crippen molar-refractivity contribution in [2.75, 3.05) is 7.11 Å². The van der Waals surface area contributed by atoms with Gasteiger partial charge in [-0.15, -0.1) is 0 Å². The summed E-state index contributed by atoms with van der Waals surface area (Å²) in [5.74, 6) is 0.369. The third kappa shape index (κ3) is 3.00. The number of Topliss-reactive ketones (excluding diaryl/α,β-unsaturated/α-hetero) is 1. The lowest BCUT2D eigenvalue weighted by Crippen LogP contribution is -2.30. The number of rotatable bonds is 3. The Labute approximate surface area is 119 Å². The van der Waals surface area contributed by atoms with Gasteiger partial charge in [-0.05, 0) is 50.8 Å². The number of hydrogen-bond acceptors (Lipinski definition) is 4. The number of hydrogen-bond donors (Lipinski definition) is 0. The Morgan fingerprint density at radius 2 is 2.00 bits per heavy atom. The fraction of sp³-hybridized carbons (Fsp3) is 0.500. The second-order valence-corrected chi connectivity index (χ2v) is 5.25. The molecule has 0 heterocycles. The van der Waals surface area contributed by atoms with Gasteiger partial charge >= 0.3 is 5.97 Å². The fourth-order valence-corrected chi connectivity index (χ4v) is 2.50. The van der Waals surface area contributed by atoms with E-state index in [1.54, 1.807) is 6.07 Å². The Kier molecular flexibility index (Phi) is 4.42. The highest BCUT2D eigenvalue weighted by atomic mass is 16.5. The minimum Gasteiger partial charge on any atom is -0.482 e. The number of benzene rings is 1. The summed E-state index contributed by atoms with van der Waals surface area (Å²) in [6.07, 6.45) is 2.90. The molecule has 4 heteroatoms. The van der Waals surface area contributed by atoms with Crippen LogP contribution >= 0.6 is 0 Å². The molecule has 2 rings (SSSR count). The van der Waals surface area contributed by atoms with E-state index in [-0.39, 0.29) is 17.9 Å². The van der Waals surface area contributed by atoms with Gasteiger partial charge in [0.15, 0.2) is 11.9 Å². The van der Waals surface area contributed by atoms with Crippen LogP contribution in [0.15, 0.2) is 12.1 Å². The van der Waals surface area contributed by atoms with Crippen molar-refractivity contribution in [3.63, 3.8) is 0 Å². The smallest absolute Gasteiger partial charge is 0.338 e. The van der Waals surface area contributed by atoms with Crippen molar-refractivity contribution < 1.29 is 19.1 Å². The van der Waals surface area contributed by atoms with Gasteiger partial charge in [-0.3, -0.25) is 4.79 Å². The van der Waals surface area contributed by atoms with E-state index in [9.17, 15) is 9.59 Å². The van der Waals surface area contributed by atoms with Crippen LogP contribution in [0.25, 0.3) is 0 Å². The van der Waals surface area contributed by atoms with E-state index in [1.165, 1.54) is 7.11 Å². The van der Waals surface area contributed by atoms with Crippen molar-refractivity contribution in [3.8, 4) is 5.75 Å². The number of carbonyl (C=O) groups excluding carboxylic acids is 2. The predicted octanol–water partition coefficient (Wildman–Crippen LogP) is 2.98. The van der Waals surface area contributed by atoms with Crippen LogP contribution in [0.3, 0.4) is 0 Å². The van der Waals surface area contributed by atoms with Gasteiger partial charge in [0, 0.05) is 12.0 Å². The molecular formula is C16H20O4. The van der Waals surface area contributed by atoms with Gasteiger partial charge in [-0.2, -0.15) is 0 Å². The van der Waals surface area contributed by atoms with Crippen molar-refractivity contribution >= 4 is 11.8 Å². The van der Waals surface area contributed by atoms with Crippen molar-refractivity contribution in [2.45, 2.75) is 45.6 Å². The van der Waals surface area contributed by atoms with Crippen LogP contribution < -0.4 is 4.74 Å². The molecule has 1 aromatic carbocycles. The molecule has 0 N–H and O–H groups in total. The molecule has 1 aromatic rings. The number of esters is 1. The molecule has 0 spiro atoms. The van der Waals surface area contributed by atoms with Gasteiger partial charge in [-0.1, -0.05) is 0 Å². The molecule has 1 atom stereocenters. The van der Waals surface area contributed by atoms with Gasteiger partial charge in [0.1, 0.15) is 5.75 Å². The normalized spacial score (nSPS) is 18.8. The molecule has 0 saturated heterocycles. The molecule has 0 aliphatic heterocycles. The molecular weight excluding hydrogens is 256 g/mol. The quantitative estimate of drug-likeness (QED) is 0.796. The Bertz CT molecular complexity index is 534. The van der Waals surface area contributed by atoms with Gasteiger partial charge in [0.05, 0.1) is 12.7 Å². The van der Waals surface area contributed by atoms with Crippen LogP contribution in [-0.2, 0) is 9.53 Å². The zero-order valence-electron chi connectivity index (χ0n) is 12.2. The monoisotopic (exact) mass is 276 g/mol. The minimum absolute atomic E-state index is 0.150. The maximum atomic E-state index is 11.9. The molecule has 1 saturated carbocycles. The molecule has 1 fully saturated rings. The van der Waals surface area contributed by atoms with E-state index in [0.29, 0.717) is 17.7 Å². The van der Waals surface area contributed by atoms with Crippen LogP contribution in [0, 0.1) is 13.8 Å². The first-order chi connectivity index (χ1) is 9.52. The minimum atomic E-state index is -0.383. The standard InChI is InChI=1S/C16H20O4/c1-10-8-12(16(18)19-3)11(2)15(9-10)20-14-7-5-4-6-13(14)17/h8-9,14H,4-7H2,1-3H3. The zero-order valence-corrected chi connectivity index (χ0v) is 12.2. The van der Waals surface area contributed by atoms with E-state index in [2.05, 4.69) is 0 Å². The number of aryl methyl sites for hydroxylation is 1. The van der Waals surface area contributed by atoms with E-state index < -0.39 is 0 Å². The Balaban J connectivity index is 2.29. The van der Waals surface area contributed by atoms with E-state index in [0.717, 1.165) is 30.4 Å². The van der Waals surface area contributed by atoms with Gasteiger partial charge in [0.2, 0.25) is 0 Å². The molecule has 0 amide bonds. The third-order valence-electron chi connectivity index (χ3n) is 3.68. The van der Waals surface area contributed by atoms with Crippen molar-refractivity contribution in [2.24, 2.45) is 0 Å². The van der Waals surface area contributed by atoms with Gasteiger partial charge < -0.3 is 9.47 Å². The molecule has 0 bridgehead atoms. The highest BCUT2D eigenvalue weighted by Gasteiger charge is 2.25. The Morgan fingerprint density at radius 1 is 1.25 bits per heavy atom. The third-order valence-corrected chi connectivity index (χ3v) is 3.68. The molecule has 1 aliphatic carbocycles. The highest BCUT2D eigenvalue weighted by molar-refractivity contribution is 5.92. The van der Waals surface area contributed by atoms with Crippen LogP contribution in [0.5, 0.6) is 5.75 Å². The van der Waals surface area contributed by atoms with Crippen LogP contribution in [0.4, 0.5) is 0 Å². The lowest BCUT2D eigenvalue weighted by molar-refractivity contribution is -0.127. The summed E-state index contributed by atoms with van der Waals surface area (Å²) >= 11 is 0. The zero-order chi connectivity index (χ0) is 14.7. The number of ketones is 1. The number of carbonyl (C=O) groups is 2. The Hall–Kier alpha value is -1.84. The highest BCUT2D eigenvalue weighted by Crippen LogP contribution is 2.28. The first-order valence-corrected chi connectivity index (χ1v) is 6.92. The summed E-state index contributed by atoms with van der Waals surface area (Å²) in [6.45, 7) is 3.70. The molecule has 108 valence electrons. The van der Waals surface area contributed by atoms with Crippen molar-refractivity contribution in [1.82, 2.24) is 0 Å². The summed E-state index contributed by atoms with van der Waals surface area (Å²) in [4.78, 5) is 23.6. The summed E-state index contributed by atoms with van der Waals surface area (Å²) in [7, 11) is 1.36. The lowest BCUT2D eigenvalue weighted by atomic mass is 9.96. The first kappa shape index (κ1) is 14.6. The molecule has 20 heavy (non-hydrogen) atoms. The van der Waals surface area contributed by atoms with Crippen LogP contribution in [0.2, 0.25) is 0 Å². The van der Waals surface area contributed by atoms with E-state index >= 15 is 0 Å². The number of ether oxygens (including phenoxy) is 2. The van der Waals surface area contributed by atoms with E-state index in [4.69, 9.17) is 9.47 Å². The van der Waals surface area contributed by atoms with Gasteiger partial charge in [0.25, 0.3) is 0 Å². The van der Waals surface area contributed by atoms with Gasteiger partial charge in [-0.25, -0.2) is 4.79 Å². The average molecular weight is 276 g/mol. The average Bonchev–Trinajstić information content (AvgIpc) is 2.44. The molecule has 0 radical (unpaired) electrons. The maximum absolute atomic E-state index is 11.9. The van der Waals surface area contributed by atoms with E-state index in [1.807, 2.05) is 19.9 Å². The predicted molar refractivity (Wildman–Crippen MR) is 75.1 cm³/mol. The molecule has 1 unspecified atom stereocenters. The SMILES string of the molecule is COC(=O)c1cc(C)cc(OC2CCCCC2=O)c1C. The summed E-state index contributed by atoms with van der Waals surface area (Å²) in [5.41, 5.74) is 2.13. The summed E-state index contributed by atoms with van der Waals surface area (Å²) < 4.78 is 10.6. The topological polar surface area (TPSA) is 52.6 Å². The van der Waals surface area contributed by atoms with Crippen LogP contribution in [-0.4, -0.2) is 25.0 Å². The fourth-order valence-electron chi connectivity index (χ4n) is 2.50. The van der Waals surface area contributed by atoms with Crippen LogP contribution in [0.1, 0.15) is 47.2 Å².